The van der Waals surface area contributed by atoms with E-state index in [-0.39, 0.29) is 5.91 Å². The zero-order chi connectivity index (χ0) is 30.1. The summed E-state index contributed by atoms with van der Waals surface area (Å²) >= 11 is 0. The summed E-state index contributed by atoms with van der Waals surface area (Å²) in [6, 6.07) is 18.7. The van der Waals surface area contributed by atoms with Crippen LogP contribution in [0.3, 0.4) is 0 Å². The molecule has 1 heterocycles. The van der Waals surface area contributed by atoms with E-state index in [1.807, 2.05) is 18.2 Å². The molecule has 0 fully saturated rings. The van der Waals surface area contributed by atoms with Crippen molar-refractivity contribution in [3.63, 3.8) is 0 Å². The lowest BCUT2D eigenvalue weighted by atomic mass is 9.96. The number of carbonyl (C=O) groups is 1. The highest BCUT2D eigenvalue weighted by Crippen LogP contribution is 2.30. The van der Waals surface area contributed by atoms with Gasteiger partial charge >= 0.3 is 0 Å². The molecule has 226 valence electrons. The number of nitrogens with one attached hydrogen (secondary N) is 1. The number of nitrogens with zero attached hydrogens (tertiary/aromatic N) is 1. The van der Waals surface area contributed by atoms with Gasteiger partial charge in [-0.3, -0.25) is 9.69 Å². The Hall–Kier alpha value is -3.35. The van der Waals surface area contributed by atoms with Crippen molar-refractivity contribution in [2.45, 2.75) is 66.5 Å². The van der Waals surface area contributed by atoms with Gasteiger partial charge in [-0.25, -0.2) is 0 Å². The third kappa shape index (κ3) is 8.83. The molecule has 0 radical (unpaired) electrons. The molecule has 3 aromatic carbocycles. The molecule has 0 aromatic heterocycles. The standard InChI is InChI=1S/C36H48N2O4/c1-25(2)12-13-38-14-15-41-16-17-42-34-11-10-30(21-31(34)20-28-8-7-9-29(19-28)24-38)36(39)37-23-32-22-33(26(3)4)35(40-6)18-27(32)5/h7-11,18-19,21-22,25-26H,12-17,20,23-24H2,1-6H3,(H,37,39). The van der Waals surface area contributed by atoms with Crippen molar-refractivity contribution in [3.05, 3.63) is 93.5 Å². The van der Waals surface area contributed by atoms with E-state index in [0.717, 1.165) is 59.8 Å². The number of benzene rings is 3. The van der Waals surface area contributed by atoms with Crippen LogP contribution in [-0.4, -0.2) is 50.8 Å². The van der Waals surface area contributed by atoms with Crippen LogP contribution in [0.4, 0.5) is 0 Å². The molecule has 1 amide bonds. The van der Waals surface area contributed by atoms with Crippen LogP contribution in [-0.2, 0) is 24.2 Å². The van der Waals surface area contributed by atoms with Gasteiger partial charge in [0.25, 0.3) is 5.91 Å². The van der Waals surface area contributed by atoms with Crippen LogP contribution in [0.2, 0.25) is 0 Å². The first-order valence-electron chi connectivity index (χ1n) is 15.3. The van der Waals surface area contributed by atoms with Crippen molar-refractivity contribution < 1.29 is 19.0 Å². The third-order valence-electron chi connectivity index (χ3n) is 7.92. The van der Waals surface area contributed by atoms with Crippen molar-refractivity contribution >= 4 is 5.91 Å². The van der Waals surface area contributed by atoms with E-state index >= 15 is 0 Å². The number of amides is 1. The minimum absolute atomic E-state index is 0.101. The SMILES string of the molecule is COc1cc(C)c(CNC(=O)c2ccc3c(c2)Cc2cccc(c2)CN(CCC(C)C)CCOCCO3)cc1C(C)C. The second kappa shape index (κ2) is 15.2. The number of carbonyl (C=O) groups excluding carboxylic acids is 1. The zero-order valence-electron chi connectivity index (χ0n) is 26.3. The first kappa shape index (κ1) is 31.6. The van der Waals surface area contributed by atoms with E-state index < -0.39 is 0 Å². The molecule has 2 bridgehead atoms. The number of methoxy groups -OCH3 is 1. The van der Waals surface area contributed by atoms with Crippen LogP contribution < -0.4 is 14.8 Å². The van der Waals surface area contributed by atoms with Gasteiger partial charge in [-0.2, -0.15) is 0 Å². The maximum Gasteiger partial charge on any atom is 0.251 e. The Morgan fingerprint density at radius 1 is 1.00 bits per heavy atom. The number of aryl methyl sites for hydroxylation is 1. The van der Waals surface area contributed by atoms with E-state index in [2.05, 4.69) is 81.2 Å². The minimum atomic E-state index is -0.101. The summed E-state index contributed by atoms with van der Waals surface area (Å²) in [5.41, 5.74) is 7.46. The monoisotopic (exact) mass is 572 g/mol. The van der Waals surface area contributed by atoms with Gasteiger partial charge in [0.2, 0.25) is 0 Å². The summed E-state index contributed by atoms with van der Waals surface area (Å²) in [5, 5.41) is 3.13. The summed E-state index contributed by atoms with van der Waals surface area (Å²) in [4.78, 5) is 15.8. The number of hydrogen-bond donors (Lipinski definition) is 1. The number of ether oxygens (including phenoxy) is 3. The lowest BCUT2D eigenvalue weighted by Crippen LogP contribution is -2.29. The first-order chi connectivity index (χ1) is 20.2. The van der Waals surface area contributed by atoms with Gasteiger partial charge in [-0.15, -0.1) is 0 Å². The van der Waals surface area contributed by atoms with Gasteiger partial charge in [0.1, 0.15) is 18.1 Å². The molecular formula is C36H48N2O4. The molecule has 3 aromatic rings. The first-order valence-corrected chi connectivity index (χ1v) is 15.3. The Morgan fingerprint density at radius 2 is 1.81 bits per heavy atom. The Kier molecular flexibility index (Phi) is 11.4. The smallest absolute Gasteiger partial charge is 0.251 e. The quantitative estimate of drug-likeness (QED) is 0.318. The predicted octanol–water partition coefficient (Wildman–Crippen LogP) is 6.90. The maximum absolute atomic E-state index is 13.3. The summed E-state index contributed by atoms with van der Waals surface area (Å²) in [6.07, 6.45) is 1.85. The van der Waals surface area contributed by atoms with Crippen LogP contribution in [0, 0.1) is 12.8 Å². The van der Waals surface area contributed by atoms with Crippen LogP contribution >= 0.6 is 0 Å². The van der Waals surface area contributed by atoms with E-state index in [4.69, 9.17) is 14.2 Å². The lowest BCUT2D eigenvalue weighted by Gasteiger charge is -2.24. The van der Waals surface area contributed by atoms with Gasteiger partial charge in [0, 0.05) is 31.6 Å². The van der Waals surface area contributed by atoms with Crippen LogP contribution in [0.1, 0.15) is 83.8 Å². The van der Waals surface area contributed by atoms with E-state index in [9.17, 15) is 4.79 Å². The molecule has 0 aliphatic carbocycles. The number of fused-ring (bicyclic) bond motifs is 3. The molecule has 0 saturated heterocycles. The fraction of sp³-hybridized carbons (Fsp3) is 0.472. The van der Waals surface area contributed by atoms with Crippen molar-refractivity contribution in [1.82, 2.24) is 10.2 Å². The van der Waals surface area contributed by atoms with Crippen molar-refractivity contribution in [3.8, 4) is 11.5 Å². The molecule has 6 nitrogen and oxygen atoms in total. The molecule has 4 rings (SSSR count). The summed E-state index contributed by atoms with van der Waals surface area (Å²) in [7, 11) is 1.70. The van der Waals surface area contributed by atoms with Gasteiger partial charge in [-0.05, 0) is 95.4 Å². The second-order valence-electron chi connectivity index (χ2n) is 12.1. The lowest BCUT2D eigenvalue weighted by molar-refractivity contribution is 0.0764. The van der Waals surface area contributed by atoms with Gasteiger partial charge in [-0.1, -0.05) is 52.0 Å². The fourth-order valence-electron chi connectivity index (χ4n) is 5.37. The van der Waals surface area contributed by atoms with Crippen LogP contribution in [0.15, 0.2) is 54.6 Å². The summed E-state index contributed by atoms with van der Waals surface area (Å²) in [6.45, 7) is 15.9. The molecule has 42 heavy (non-hydrogen) atoms. The predicted molar refractivity (Wildman–Crippen MR) is 170 cm³/mol. The van der Waals surface area contributed by atoms with Crippen LogP contribution in [0.5, 0.6) is 11.5 Å². The molecule has 1 N–H and O–H groups in total. The Morgan fingerprint density at radius 3 is 2.57 bits per heavy atom. The Bertz CT molecular complexity index is 1330. The van der Waals surface area contributed by atoms with E-state index in [0.29, 0.717) is 50.2 Å². The number of hydrogen-bond acceptors (Lipinski definition) is 5. The summed E-state index contributed by atoms with van der Waals surface area (Å²) in [5.74, 6) is 2.58. The normalized spacial score (nSPS) is 14.7. The Balaban J connectivity index is 1.53. The average molecular weight is 573 g/mol. The van der Waals surface area contributed by atoms with Gasteiger partial charge < -0.3 is 19.5 Å². The highest BCUT2D eigenvalue weighted by Gasteiger charge is 2.16. The highest BCUT2D eigenvalue weighted by molar-refractivity contribution is 5.94. The minimum Gasteiger partial charge on any atom is -0.496 e. The summed E-state index contributed by atoms with van der Waals surface area (Å²) < 4.78 is 17.7. The molecule has 1 aliphatic heterocycles. The molecule has 0 atom stereocenters. The van der Waals surface area contributed by atoms with E-state index in [1.165, 1.54) is 11.1 Å². The van der Waals surface area contributed by atoms with Crippen molar-refractivity contribution in [2.24, 2.45) is 5.92 Å². The molecule has 0 saturated carbocycles. The number of rotatable bonds is 8. The maximum atomic E-state index is 13.3. The zero-order valence-corrected chi connectivity index (χ0v) is 26.3. The molecule has 1 aliphatic rings. The molecule has 0 spiro atoms. The van der Waals surface area contributed by atoms with Crippen molar-refractivity contribution in [2.75, 3.05) is 40.0 Å². The van der Waals surface area contributed by atoms with E-state index in [1.54, 1.807) is 7.11 Å². The van der Waals surface area contributed by atoms with Crippen LogP contribution in [0.25, 0.3) is 0 Å². The second-order valence-corrected chi connectivity index (χ2v) is 12.1. The average Bonchev–Trinajstić information content (AvgIpc) is 2.96. The fourth-order valence-corrected chi connectivity index (χ4v) is 5.37. The largest absolute Gasteiger partial charge is 0.496 e. The molecule has 6 heteroatoms. The van der Waals surface area contributed by atoms with Crippen molar-refractivity contribution in [1.29, 1.82) is 0 Å². The molecule has 0 unspecified atom stereocenters. The molecular weight excluding hydrogens is 524 g/mol. The Labute approximate surface area is 252 Å². The topological polar surface area (TPSA) is 60.0 Å². The highest BCUT2D eigenvalue weighted by atomic mass is 16.5. The van der Waals surface area contributed by atoms with Gasteiger partial charge in [0.05, 0.1) is 20.3 Å². The third-order valence-corrected chi connectivity index (χ3v) is 7.92. The van der Waals surface area contributed by atoms with Gasteiger partial charge in [0.15, 0.2) is 0 Å².